The van der Waals surface area contributed by atoms with Crippen LogP contribution >= 0.6 is 0 Å². The fourth-order valence-corrected chi connectivity index (χ4v) is 10.5. The topological polar surface area (TPSA) is 58.3 Å². The number of nitrogens with one attached hydrogen (secondary N) is 3. The van der Waals surface area contributed by atoms with Gasteiger partial charge < -0.3 is 30.5 Å². The number of hydrogen-bond donors (Lipinski definition) is 3. The molecule has 3 unspecified atom stereocenters. The van der Waals surface area contributed by atoms with Crippen LogP contribution in [0.3, 0.4) is 0 Å². The Kier molecular flexibility index (Phi) is 66.7. The average Bonchev–Trinajstić information content (AvgIpc) is 1.49. The molecule has 0 bridgehead atoms. The SMILES string of the molecule is C.C.C.CC(C(C)(C)C)C(C)(C)C.CC(C)(C)C1CCCN1.CC(C)C(C)C(C)(C)C.CCC(C)C(C)(C)C.CCCC(C)(C)C.CCCN1CCN(C(C)(C)C)CC1.CCCN1CCN(C(C)(C)C)CC1.CCNC(C)(C)C.CCNC(C)(C)C.CCOC(C)(C)C. The zero-order valence-corrected chi connectivity index (χ0v) is 71.9. The first-order valence-corrected chi connectivity index (χ1v) is 37.7. The zero-order chi connectivity index (χ0) is 73.4. The normalized spacial score (nSPS) is 17.1. The van der Waals surface area contributed by atoms with Crippen LogP contribution in [-0.2, 0) is 4.74 Å². The highest BCUT2D eigenvalue weighted by Gasteiger charge is 2.31. The van der Waals surface area contributed by atoms with Crippen LogP contribution in [0.2, 0.25) is 0 Å². The van der Waals surface area contributed by atoms with Gasteiger partial charge in [0.05, 0.1) is 5.60 Å². The Labute approximate surface area is 597 Å². The number of nitrogens with zero attached hydrogens (tertiary/aromatic N) is 4. The maximum Gasteiger partial charge on any atom is 0.0598 e. The van der Waals surface area contributed by atoms with Crippen molar-refractivity contribution < 1.29 is 4.74 Å². The van der Waals surface area contributed by atoms with Gasteiger partial charge in [-0.05, 0) is 232 Å². The maximum atomic E-state index is 5.23. The first kappa shape index (κ1) is 114. The molecule has 0 saturated carbocycles. The third-order valence-corrected chi connectivity index (χ3v) is 17.9. The summed E-state index contributed by atoms with van der Waals surface area (Å²) in [5.41, 5.74) is 4.26. The molecule has 3 saturated heterocycles. The summed E-state index contributed by atoms with van der Waals surface area (Å²) in [4.78, 5) is 10.3. The van der Waals surface area contributed by atoms with Crippen molar-refractivity contribution in [3.8, 4) is 0 Å². The second kappa shape index (κ2) is 54.4. The Balaban J connectivity index is -0.000000103. The quantitative estimate of drug-likeness (QED) is 0.200. The lowest BCUT2D eigenvalue weighted by Gasteiger charge is -2.42. The molecule has 3 fully saturated rings. The molecule has 0 aromatic rings. The van der Waals surface area contributed by atoms with Crippen LogP contribution in [0, 0.1) is 56.2 Å². The van der Waals surface area contributed by atoms with Crippen molar-refractivity contribution in [2.24, 2.45) is 56.2 Å². The van der Waals surface area contributed by atoms with Crippen LogP contribution in [-0.4, -0.2) is 145 Å². The lowest BCUT2D eigenvalue weighted by Crippen LogP contribution is -2.53. The Morgan fingerprint density at radius 1 is 0.430 bits per heavy atom. The lowest BCUT2D eigenvalue weighted by atomic mass is 9.68. The number of piperazine rings is 2. The molecule has 8 heteroatoms. The fraction of sp³-hybridized carbons (Fsp3) is 1.00. The Hall–Kier alpha value is -0.320. The first-order valence-electron chi connectivity index (χ1n) is 37.7. The van der Waals surface area contributed by atoms with Gasteiger partial charge in [0.1, 0.15) is 0 Å². The molecule has 3 aliphatic heterocycles. The summed E-state index contributed by atoms with van der Waals surface area (Å²) >= 11 is 0. The summed E-state index contributed by atoms with van der Waals surface area (Å²) in [6.07, 6.45) is 9.25. The zero-order valence-electron chi connectivity index (χ0n) is 71.9. The predicted octanol–water partition coefficient (Wildman–Crippen LogP) is 24.9. The standard InChI is InChI=1S/2C11H24N2.C10H22.C9H20.C8H17N.C8H18.C7H16.2C6H15N.C6H14O.3CH4/c2*1-5-6-12-7-9-13(10-8-12)11(2,3)4;1-8(9(2,3)4)10(5,6)7;1-7(2)8(3)9(4,5)6;1-8(2,3)7-5-4-6-9-7;1-6-7(2)8(3,4)5;1-5-6-7(2,3)4;3*1-5-7-6(2,3)4;;;/h2*5-10H2,1-4H3;8H,1-7H3;7-8H,1-6H3;7,9H,4-6H2,1-3H3;7H,6H2,1-5H3;5-6H2,1-4H3;2*7H,5H2,1-4H3;5H2,1-4H3;3*1H4. The van der Waals surface area contributed by atoms with Gasteiger partial charge in [0.2, 0.25) is 0 Å². The molecule has 3 N–H and O–H groups in total. The van der Waals surface area contributed by atoms with Gasteiger partial charge in [0.15, 0.2) is 0 Å². The molecule has 0 spiro atoms. The molecular weight excluding hydrogens is 1130 g/mol. The van der Waals surface area contributed by atoms with Crippen molar-refractivity contribution in [1.82, 2.24) is 35.6 Å². The molecule has 0 amide bonds. The molecule has 3 atom stereocenters. The molecular formula is C85H197N7O. The van der Waals surface area contributed by atoms with Crippen LogP contribution in [0.1, 0.15) is 379 Å². The Morgan fingerprint density at radius 3 is 0.828 bits per heavy atom. The van der Waals surface area contributed by atoms with Gasteiger partial charge in [-0.2, -0.15) is 0 Å². The third-order valence-electron chi connectivity index (χ3n) is 17.9. The summed E-state index contributed by atoms with van der Waals surface area (Å²) < 4.78 is 5.23. The van der Waals surface area contributed by atoms with Crippen molar-refractivity contribution in [2.75, 3.05) is 91.7 Å². The third kappa shape index (κ3) is 78.9. The van der Waals surface area contributed by atoms with Crippen molar-refractivity contribution in [2.45, 2.75) is 413 Å². The Bertz CT molecular complexity index is 1410. The van der Waals surface area contributed by atoms with E-state index < -0.39 is 0 Å². The molecule has 0 aromatic carbocycles. The average molecular weight is 1330 g/mol. The molecule has 3 rings (SSSR count). The van der Waals surface area contributed by atoms with Crippen molar-refractivity contribution in [1.29, 1.82) is 0 Å². The van der Waals surface area contributed by atoms with E-state index in [4.69, 9.17) is 4.74 Å². The summed E-state index contributed by atoms with van der Waals surface area (Å²) in [7, 11) is 0. The molecule has 8 nitrogen and oxygen atoms in total. The number of ether oxygens (including phenoxy) is 1. The van der Waals surface area contributed by atoms with E-state index in [1.54, 1.807) is 0 Å². The monoisotopic (exact) mass is 1330 g/mol. The molecule has 0 aliphatic carbocycles. The van der Waals surface area contributed by atoms with E-state index in [0.717, 1.165) is 49.4 Å². The summed E-state index contributed by atoms with van der Waals surface area (Å²) in [6, 6.07) is 0.762. The largest absolute Gasteiger partial charge is 0.376 e. The van der Waals surface area contributed by atoms with Gasteiger partial charge >= 0.3 is 0 Å². The van der Waals surface area contributed by atoms with Crippen LogP contribution in [0.25, 0.3) is 0 Å². The van der Waals surface area contributed by atoms with Crippen LogP contribution in [0.15, 0.2) is 0 Å². The lowest BCUT2D eigenvalue weighted by molar-refractivity contribution is 0.00530. The van der Waals surface area contributed by atoms with Crippen molar-refractivity contribution in [3.63, 3.8) is 0 Å². The first-order chi connectivity index (χ1) is 39.9. The number of hydrogen-bond acceptors (Lipinski definition) is 8. The van der Waals surface area contributed by atoms with E-state index >= 15 is 0 Å². The highest BCUT2D eigenvalue weighted by atomic mass is 16.5. The van der Waals surface area contributed by atoms with E-state index in [9.17, 15) is 0 Å². The highest BCUT2D eigenvalue weighted by molar-refractivity contribution is 4.86. The van der Waals surface area contributed by atoms with Gasteiger partial charge in [-0.15, -0.1) is 0 Å². The highest BCUT2D eigenvalue weighted by Crippen LogP contribution is 2.39. The summed E-state index contributed by atoms with van der Waals surface area (Å²) in [5, 5.41) is 10.1. The van der Waals surface area contributed by atoms with Gasteiger partial charge in [-0.3, -0.25) is 9.80 Å². The van der Waals surface area contributed by atoms with E-state index in [-0.39, 0.29) is 27.9 Å². The molecule has 0 radical (unpaired) electrons. The summed E-state index contributed by atoms with van der Waals surface area (Å²) in [6.45, 7) is 118. The second-order valence-corrected chi connectivity index (χ2v) is 39.0. The molecule has 93 heavy (non-hydrogen) atoms. The fourth-order valence-electron chi connectivity index (χ4n) is 10.5. The minimum absolute atomic E-state index is 0. The minimum atomic E-state index is 0. The minimum Gasteiger partial charge on any atom is -0.376 e. The van der Waals surface area contributed by atoms with Crippen LogP contribution < -0.4 is 16.0 Å². The Morgan fingerprint density at radius 2 is 0.753 bits per heavy atom. The molecule has 3 heterocycles. The van der Waals surface area contributed by atoms with E-state index in [1.165, 1.54) is 117 Å². The second-order valence-electron chi connectivity index (χ2n) is 39.0. The maximum absolute atomic E-state index is 5.23. The van der Waals surface area contributed by atoms with Crippen LogP contribution in [0.5, 0.6) is 0 Å². The smallest absolute Gasteiger partial charge is 0.0598 e. The molecule has 578 valence electrons. The van der Waals surface area contributed by atoms with Gasteiger partial charge in [0.25, 0.3) is 0 Å². The van der Waals surface area contributed by atoms with Gasteiger partial charge in [0, 0.05) is 87.2 Å². The van der Waals surface area contributed by atoms with E-state index in [0.29, 0.717) is 54.6 Å². The van der Waals surface area contributed by atoms with Gasteiger partial charge in [-0.1, -0.05) is 236 Å². The summed E-state index contributed by atoms with van der Waals surface area (Å²) in [5.74, 6) is 3.24. The number of rotatable bonds is 10. The molecule has 0 aromatic heterocycles. The van der Waals surface area contributed by atoms with Crippen molar-refractivity contribution in [3.05, 3.63) is 0 Å². The molecule has 3 aliphatic rings. The van der Waals surface area contributed by atoms with Gasteiger partial charge in [-0.25, -0.2) is 0 Å². The van der Waals surface area contributed by atoms with E-state index in [2.05, 4.69) is 340 Å². The van der Waals surface area contributed by atoms with E-state index in [1.807, 2.05) is 6.92 Å². The van der Waals surface area contributed by atoms with Crippen molar-refractivity contribution >= 4 is 0 Å². The van der Waals surface area contributed by atoms with Crippen LogP contribution in [0.4, 0.5) is 0 Å². The predicted molar refractivity (Wildman–Crippen MR) is 440 cm³/mol.